The number of carbonyl (C=O) groups is 3. The summed E-state index contributed by atoms with van der Waals surface area (Å²) < 4.78 is 27.3. The Kier molecular flexibility index (Phi) is 6.01. The highest BCUT2D eigenvalue weighted by molar-refractivity contribution is 6.07. The molecule has 0 spiro atoms. The SMILES string of the molecule is Cc1cc(C2(CCC(=O)N3CCN(c4cc(F)cc(F)c4)[C@@H](C)C3)NC(=O)NC2=O)ccn1. The molecule has 8 nitrogen and oxygen atoms in total. The van der Waals surface area contributed by atoms with Crippen LogP contribution in [0.3, 0.4) is 0 Å². The molecule has 4 rings (SSSR count). The molecule has 2 aliphatic rings. The van der Waals surface area contributed by atoms with Crippen molar-refractivity contribution in [1.29, 1.82) is 0 Å². The predicted octanol–water partition coefficient (Wildman–Crippen LogP) is 2.22. The number of hydrogen-bond donors (Lipinski definition) is 2. The topological polar surface area (TPSA) is 94.6 Å². The quantitative estimate of drug-likeness (QED) is 0.672. The van der Waals surface area contributed by atoms with Gasteiger partial charge in [-0.25, -0.2) is 13.6 Å². The van der Waals surface area contributed by atoms with Crippen molar-refractivity contribution >= 4 is 23.5 Å². The first-order valence-corrected chi connectivity index (χ1v) is 10.8. The first kappa shape index (κ1) is 22.6. The number of piperazine rings is 1. The number of pyridine rings is 1. The molecule has 0 radical (unpaired) electrons. The first-order valence-electron chi connectivity index (χ1n) is 10.8. The summed E-state index contributed by atoms with van der Waals surface area (Å²) in [7, 11) is 0. The first-order chi connectivity index (χ1) is 15.7. The maximum absolute atomic E-state index is 13.6. The van der Waals surface area contributed by atoms with Gasteiger partial charge in [-0.3, -0.25) is 19.9 Å². The number of hydrogen-bond acceptors (Lipinski definition) is 5. The molecule has 2 fully saturated rings. The van der Waals surface area contributed by atoms with Crippen LogP contribution >= 0.6 is 0 Å². The van der Waals surface area contributed by atoms with Crippen molar-refractivity contribution in [2.24, 2.45) is 0 Å². The van der Waals surface area contributed by atoms with Crippen LogP contribution in [0.5, 0.6) is 0 Å². The van der Waals surface area contributed by atoms with Crippen LogP contribution in [-0.4, -0.2) is 53.4 Å². The normalized spacial score (nSPS) is 22.8. The number of amides is 4. The van der Waals surface area contributed by atoms with Crippen LogP contribution in [0.25, 0.3) is 0 Å². The standard InChI is InChI=1S/C23H25F2N5O3/c1-14-9-16(4-6-26-14)23(21(32)27-22(33)28-23)5-3-20(31)29-7-8-30(15(2)13-29)19-11-17(24)10-18(25)12-19/h4,6,9-12,15H,3,5,7-8,13H2,1-2H3,(H2,27,28,32,33)/t15-,23?/m0/s1. The third kappa shape index (κ3) is 4.50. The summed E-state index contributed by atoms with van der Waals surface area (Å²) in [6.45, 7) is 4.83. The Morgan fingerprint density at radius 3 is 2.52 bits per heavy atom. The zero-order valence-electron chi connectivity index (χ0n) is 18.4. The molecule has 2 atom stereocenters. The van der Waals surface area contributed by atoms with Crippen molar-refractivity contribution in [3.8, 4) is 0 Å². The lowest BCUT2D eigenvalue weighted by Gasteiger charge is -2.41. The fourth-order valence-corrected chi connectivity index (χ4v) is 4.55. The van der Waals surface area contributed by atoms with E-state index in [9.17, 15) is 23.2 Å². The number of halogens is 2. The highest BCUT2D eigenvalue weighted by Gasteiger charge is 2.48. The van der Waals surface area contributed by atoms with Gasteiger partial charge in [-0.05, 0) is 50.1 Å². The molecule has 174 valence electrons. The Hall–Kier alpha value is -3.56. The second kappa shape index (κ2) is 8.76. The van der Waals surface area contributed by atoms with Gasteiger partial charge in [-0.1, -0.05) is 0 Å². The third-order valence-corrected chi connectivity index (χ3v) is 6.20. The zero-order chi connectivity index (χ0) is 23.8. The Labute approximate surface area is 190 Å². The second-order valence-electron chi connectivity index (χ2n) is 8.51. The highest BCUT2D eigenvalue weighted by Crippen LogP contribution is 2.31. The van der Waals surface area contributed by atoms with E-state index in [1.165, 1.54) is 12.1 Å². The van der Waals surface area contributed by atoms with E-state index in [0.29, 0.717) is 36.6 Å². The van der Waals surface area contributed by atoms with E-state index in [4.69, 9.17) is 0 Å². The van der Waals surface area contributed by atoms with Gasteiger partial charge in [-0.15, -0.1) is 0 Å². The van der Waals surface area contributed by atoms with Crippen molar-refractivity contribution in [1.82, 2.24) is 20.5 Å². The lowest BCUT2D eigenvalue weighted by atomic mass is 9.85. The van der Waals surface area contributed by atoms with Crippen molar-refractivity contribution in [2.75, 3.05) is 24.5 Å². The van der Waals surface area contributed by atoms with Crippen LogP contribution in [-0.2, 0) is 15.1 Å². The van der Waals surface area contributed by atoms with Gasteiger partial charge in [0.25, 0.3) is 5.91 Å². The van der Waals surface area contributed by atoms with E-state index in [1.54, 1.807) is 30.2 Å². The molecule has 2 aromatic rings. The maximum atomic E-state index is 13.6. The minimum atomic E-state index is -1.34. The van der Waals surface area contributed by atoms with Crippen molar-refractivity contribution in [3.05, 3.63) is 59.4 Å². The molecule has 0 aliphatic carbocycles. The molecule has 33 heavy (non-hydrogen) atoms. The van der Waals surface area contributed by atoms with E-state index in [0.717, 1.165) is 6.07 Å². The van der Waals surface area contributed by atoms with Crippen LogP contribution in [0.2, 0.25) is 0 Å². The molecule has 0 bridgehead atoms. The number of nitrogens with zero attached hydrogens (tertiary/aromatic N) is 3. The lowest BCUT2D eigenvalue weighted by Crippen LogP contribution is -2.54. The van der Waals surface area contributed by atoms with Gasteiger partial charge in [-0.2, -0.15) is 0 Å². The fraction of sp³-hybridized carbons (Fsp3) is 0.391. The van der Waals surface area contributed by atoms with Gasteiger partial charge in [0, 0.05) is 55.7 Å². The van der Waals surface area contributed by atoms with Crippen molar-refractivity contribution in [2.45, 2.75) is 38.3 Å². The molecule has 4 amide bonds. The van der Waals surface area contributed by atoms with E-state index in [2.05, 4.69) is 15.6 Å². The molecule has 0 saturated carbocycles. The number of aryl methyl sites for hydroxylation is 1. The number of urea groups is 1. The number of imide groups is 1. The van der Waals surface area contributed by atoms with Gasteiger partial charge in [0.05, 0.1) is 0 Å². The van der Waals surface area contributed by atoms with Crippen LogP contribution in [0.1, 0.15) is 31.0 Å². The number of benzene rings is 1. The van der Waals surface area contributed by atoms with Gasteiger partial charge < -0.3 is 15.1 Å². The number of carbonyl (C=O) groups excluding carboxylic acids is 3. The molecule has 1 unspecified atom stereocenters. The minimum Gasteiger partial charge on any atom is -0.365 e. The Balaban J connectivity index is 1.45. The lowest BCUT2D eigenvalue weighted by molar-refractivity contribution is -0.133. The van der Waals surface area contributed by atoms with E-state index in [-0.39, 0.29) is 24.8 Å². The average Bonchev–Trinajstić information content (AvgIpc) is 3.05. The minimum absolute atomic E-state index is 0.0381. The van der Waals surface area contributed by atoms with Gasteiger partial charge >= 0.3 is 6.03 Å². The van der Waals surface area contributed by atoms with Crippen LogP contribution < -0.4 is 15.5 Å². The van der Waals surface area contributed by atoms with E-state index in [1.807, 2.05) is 11.8 Å². The molecule has 1 aromatic carbocycles. The van der Waals surface area contributed by atoms with Crippen LogP contribution in [0.15, 0.2) is 36.5 Å². The summed E-state index contributed by atoms with van der Waals surface area (Å²) in [6.07, 6.45) is 1.69. The second-order valence-corrected chi connectivity index (χ2v) is 8.51. The van der Waals surface area contributed by atoms with Crippen LogP contribution in [0.4, 0.5) is 19.3 Å². The van der Waals surface area contributed by atoms with E-state index < -0.39 is 29.1 Å². The molecule has 3 heterocycles. The third-order valence-electron chi connectivity index (χ3n) is 6.20. The summed E-state index contributed by atoms with van der Waals surface area (Å²) in [5.41, 5.74) is 0.347. The zero-order valence-corrected chi connectivity index (χ0v) is 18.4. The van der Waals surface area contributed by atoms with E-state index >= 15 is 0 Å². The molecule has 10 heteroatoms. The molecule has 2 N–H and O–H groups in total. The molecular weight excluding hydrogens is 432 g/mol. The Morgan fingerprint density at radius 1 is 1.18 bits per heavy atom. The summed E-state index contributed by atoms with van der Waals surface area (Å²) in [5.74, 6) is -1.96. The summed E-state index contributed by atoms with van der Waals surface area (Å²) in [6, 6.07) is 5.99. The summed E-state index contributed by atoms with van der Waals surface area (Å²) in [5, 5.41) is 4.96. The van der Waals surface area contributed by atoms with Crippen molar-refractivity contribution in [3.63, 3.8) is 0 Å². The molecular formula is C23H25F2N5O3. The Bertz CT molecular complexity index is 1090. The number of aromatic nitrogens is 1. The average molecular weight is 457 g/mol. The van der Waals surface area contributed by atoms with Gasteiger partial charge in [0.1, 0.15) is 17.2 Å². The number of anilines is 1. The molecule has 2 aliphatic heterocycles. The number of nitrogens with one attached hydrogen (secondary N) is 2. The maximum Gasteiger partial charge on any atom is 0.322 e. The highest BCUT2D eigenvalue weighted by atomic mass is 19.1. The Morgan fingerprint density at radius 2 is 1.91 bits per heavy atom. The van der Waals surface area contributed by atoms with Crippen LogP contribution in [0, 0.1) is 18.6 Å². The van der Waals surface area contributed by atoms with Crippen molar-refractivity contribution < 1.29 is 23.2 Å². The number of rotatable bonds is 5. The van der Waals surface area contributed by atoms with Gasteiger partial charge in [0.2, 0.25) is 5.91 Å². The monoisotopic (exact) mass is 457 g/mol. The largest absolute Gasteiger partial charge is 0.365 e. The predicted molar refractivity (Wildman–Crippen MR) is 116 cm³/mol. The summed E-state index contributed by atoms with van der Waals surface area (Å²) in [4.78, 5) is 45.3. The molecule has 2 saturated heterocycles. The fourth-order valence-electron chi connectivity index (χ4n) is 4.55. The smallest absolute Gasteiger partial charge is 0.322 e. The molecule has 1 aromatic heterocycles. The van der Waals surface area contributed by atoms with Gasteiger partial charge in [0.15, 0.2) is 0 Å². The summed E-state index contributed by atoms with van der Waals surface area (Å²) >= 11 is 0.